The van der Waals surface area contributed by atoms with Crippen LogP contribution in [0.25, 0.3) is 0 Å². The molecule has 4 rings (SSSR count). The second-order valence-electron chi connectivity index (χ2n) is 7.02. The fourth-order valence-electron chi connectivity index (χ4n) is 3.70. The summed E-state index contributed by atoms with van der Waals surface area (Å²) in [5, 5.41) is 4.04. The number of carbonyl (C=O) groups is 1. The fourth-order valence-corrected chi connectivity index (χ4v) is 3.70. The molecule has 2 aliphatic heterocycles. The average Bonchev–Trinajstić information content (AvgIpc) is 2.99. The summed E-state index contributed by atoms with van der Waals surface area (Å²) in [6.07, 6.45) is 1.96. The number of amides is 1. The Kier molecular flexibility index (Phi) is 4.88. The molecule has 2 aromatic rings. The number of ether oxygens (including phenoxy) is 1. The molecule has 2 aliphatic rings. The summed E-state index contributed by atoms with van der Waals surface area (Å²) in [6.45, 7) is 5.77. The minimum absolute atomic E-state index is 0.161. The van der Waals surface area contributed by atoms with E-state index in [0.717, 1.165) is 49.6 Å². The summed E-state index contributed by atoms with van der Waals surface area (Å²) in [5.74, 6) is 2.55. The number of para-hydroxylation sites is 1. The number of aromatic nitrogens is 2. The van der Waals surface area contributed by atoms with Crippen LogP contribution < -0.4 is 4.74 Å². The van der Waals surface area contributed by atoms with Gasteiger partial charge in [-0.25, -0.2) is 0 Å². The second kappa shape index (κ2) is 7.45. The van der Waals surface area contributed by atoms with Crippen LogP contribution in [0.2, 0.25) is 0 Å². The van der Waals surface area contributed by atoms with Crippen LogP contribution in [0.5, 0.6) is 5.75 Å². The number of fused-ring (bicyclic) bond motifs is 1. The maximum Gasteiger partial charge on any atom is 0.236 e. The number of benzene rings is 1. The van der Waals surface area contributed by atoms with E-state index < -0.39 is 0 Å². The van der Waals surface area contributed by atoms with Crippen LogP contribution in [0, 0.1) is 6.92 Å². The predicted octanol–water partition coefficient (Wildman–Crippen LogP) is 1.98. The van der Waals surface area contributed by atoms with Gasteiger partial charge >= 0.3 is 0 Å². The molecule has 1 amide bonds. The topological polar surface area (TPSA) is 71.7 Å². The number of piperidine rings is 1. The van der Waals surface area contributed by atoms with Gasteiger partial charge in [0.25, 0.3) is 0 Å². The average molecular weight is 356 g/mol. The third-order valence-corrected chi connectivity index (χ3v) is 5.07. The first-order chi connectivity index (χ1) is 12.7. The molecule has 0 radical (unpaired) electrons. The van der Waals surface area contributed by atoms with Gasteiger partial charge in [0.15, 0.2) is 5.82 Å². The Labute approximate surface area is 152 Å². The number of likely N-dealkylation sites (tertiary alicyclic amines) is 1. The first-order valence-electron chi connectivity index (χ1n) is 9.20. The highest BCUT2D eigenvalue weighted by Gasteiger charge is 2.29. The molecule has 1 fully saturated rings. The van der Waals surface area contributed by atoms with Crippen molar-refractivity contribution in [2.45, 2.75) is 32.2 Å². The van der Waals surface area contributed by atoms with Crippen LogP contribution in [0.3, 0.4) is 0 Å². The Hall–Kier alpha value is -2.41. The number of hydrogen-bond donors (Lipinski definition) is 0. The van der Waals surface area contributed by atoms with Gasteiger partial charge in [0.05, 0.1) is 6.54 Å². The van der Waals surface area contributed by atoms with Crippen molar-refractivity contribution in [3.8, 4) is 5.75 Å². The van der Waals surface area contributed by atoms with Crippen molar-refractivity contribution in [2.75, 3.05) is 32.8 Å². The third kappa shape index (κ3) is 3.72. The first-order valence-corrected chi connectivity index (χ1v) is 9.20. The number of hydrogen-bond acceptors (Lipinski definition) is 6. The van der Waals surface area contributed by atoms with Crippen molar-refractivity contribution < 1.29 is 14.1 Å². The van der Waals surface area contributed by atoms with E-state index in [1.165, 1.54) is 0 Å². The Morgan fingerprint density at radius 1 is 1.31 bits per heavy atom. The van der Waals surface area contributed by atoms with E-state index in [1.54, 1.807) is 6.92 Å². The van der Waals surface area contributed by atoms with Gasteiger partial charge in [-0.05, 0) is 18.9 Å². The SMILES string of the molecule is Cc1nc([C@@H]2CCCN(C(=O)CN3CCOc4ccccc4C3)C2)no1. The van der Waals surface area contributed by atoms with E-state index in [0.29, 0.717) is 25.6 Å². The molecule has 0 saturated carbocycles. The fraction of sp³-hybridized carbons (Fsp3) is 0.526. The third-order valence-electron chi connectivity index (χ3n) is 5.07. The minimum Gasteiger partial charge on any atom is -0.492 e. The molecular weight excluding hydrogens is 332 g/mol. The Morgan fingerprint density at radius 2 is 2.19 bits per heavy atom. The molecule has 1 saturated heterocycles. The molecule has 1 aromatic carbocycles. The monoisotopic (exact) mass is 356 g/mol. The van der Waals surface area contributed by atoms with Crippen molar-refractivity contribution in [3.63, 3.8) is 0 Å². The van der Waals surface area contributed by atoms with Crippen molar-refractivity contribution in [2.24, 2.45) is 0 Å². The van der Waals surface area contributed by atoms with Gasteiger partial charge in [0.2, 0.25) is 11.8 Å². The summed E-state index contributed by atoms with van der Waals surface area (Å²) in [7, 11) is 0. The van der Waals surface area contributed by atoms with Crippen LogP contribution in [0.15, 0.2) is 28.8 Å². The standard InChI is InChI=1S/C19H24N4O3/c1-14-20-19(21-26-14)16-6-4-8-23(12-16)18(24)13-22-9-10-25-17-7-3-2-5-15(17)11-22/h2-3,5,7,16H,4,6,8-13H2,1H3/t16-/m1/s1. The Morgan fingerprint density at radius 3 is 3.04 bits per heavy atom. The molecule has 26 heavy (non-hydrogen) atoms. The van der Waals surface area contributed by atoms with Gasteiger partial charge in [-0.3, -0.25) is 9.69 Å². The lowest BCUT2D eigenvalue weighted by atomic mass is 9.97. The highest BCUT2D eigenvalue weighted by molar-refractivity contribution is 5.78. The molecule has 1 atom stereocenters. The molecule has 3 heterocycles. The van der Waals surface area contributed by atoms with Gasteiger partial charge in [0, 0.05) is 44.6 Å². The Balaban J connectivity index is 1.38. The molecule has 0 N–H and O–H groups in total. The van der Waals surface area contributed by atoms with E-state index in [9.17, 15) is 4.79 Å². The van der Waals surface area contributed by atoms with Gasteiger partial charge in [-0.2, -0.15) is 4.98 Å². The number of nitrogens with zero attached hydrogens (tertiary/aromatic N) is 4. The first kappa shape index (κ1) is 17.0. The van der Waals surface area contributed by atoms with Crippen LogP contribution in [0.4, 0.5) is 0 Å². The molecule has 7 nitrogen and oxygen atoms in total. The van der Waals surface area contributed by atoms with Crippen LogP contribution in [-0.4, -0.2) is 58.6 Å². The molecule has 7 heteroatoms. The summed E-state index contributed by atoms with van der Waals surface area (Å²) < 4.78 is 10.9. The van der Waals surface area contributed by atoms with Crippen molar-refractivity contribution in [1.82, 2.24) is 19.9 Å². The summed E-state index contributed by atoms with van der Waals surface area (Å²) in [4.78, 5) is 21.3. The predicted molar refractivity (Wildman–Crippen MR) is 94.8 cm³/mol. The van der Waals surface area contributed by atoms with E-state index in [2.05, 4.69) is 21.1 Å². The summed E-state index contributed by atoms with van der Waals surface area (Å²) in [6, 6.07) is 8.04. The zero-order valence-electron chi connectivity index (χ0n) is 15.1. The molecule has 0 spiro atoms. The normalized spacial score (nSPS) is 21.0. The van der Waals surface area contributed by atoms with Crippen LogP contribution >= 0.6 is 0 Å². The molecule has 0 aliphatic carbocycles. The maximum absolute atomic E-state index is 12.9. The zero-order valence-corrected chi connectivity index (χ0v) is 15.1. The number of aryl methyl sites for hydroxylation is 1. The van der Waals surface area contributed by atoms with Gasteiger partial charge < -0.3 is 14.2 Å². The van der Waals surface area contributed by atoms with Crippen LogP contribution in [-0.2, 0) is 11.3 Å². The van der Waals surface area contributed by atoms with Crippen molar-refractivity contribution in [1.29, 1.82) is 0 Å². The summed E-state index contributed by atoms with van der Waals surface area (Å²) in [5.41, 5.74) is 1.14. The minimum atomic E-state index is 0.161. The molecule has 0 bridgehead atoms. The van der Waals surface area contributed by atoms with E-state index in [4.69, 9.17) is 9.26 Å². The molecule has 138 valence electrons. The highest BCUT2D eigenvalue weighted by atomic mass is 16.5. The summed E-state index contributed by atoms with van der Waals surface area (Å²) >= 11 is 0. The lowest BCUT2D eigenvalue weighted by Gasteiger charge is -2.33. The maximum atomic E-state index is 12.9. The van der Waals surface area contributed by atoms with E-state index >= 15 is 0 Å². The Bertz CT molecular complexity index is 776. The highest BCUT2D eigenvalue weighted by Crippen LogP contribution is 2.26. The molecular formula is C19H24N4O3. The van der Waals surface area contributed by atoms with Crippen molar-refractivity contribution in [3.05, 3.63) is 41.5 Å². The lowest BCUT2D eigenvalue weighted by Crippen LogP contribution is -2.45. The van der Waals surface area contributed by atoms with E-state index in [-0.39, 0.29) is 11.8 Å². The van der Waals surface area contributed by atoms with Gasteiger partial charge in [0.1, 0.15) is 12.4 Å². The molecule has 0 unspecified atom stereocenters. The number of carbonyl (C=O) groups excluding carboxylic acids is 1. The van der Waals surface area contributed by atoms with Gasteiger partial charge in [-0.1, -0.05) is 23.4 Å². The lowest BCUT2D eigenvalue weighted by molar-refractivity contribution is -0.133. The second-order valence-corrected chi connectivity index (χ2v) is 7.02. The quantitative estimate of drug-likeness (QED) is 0.837. The van der Waals surface area contributed by atoms with Crippen LogP contribution in [0.1, 0.15) is 36.0 Å². The van der Waals surface area contributed by atoms with E-state index in [1.807, 2.05) is 23.1 Å². The molecule has 1 aromatic heterocycles. The smallest absolute Gasteiger partial charge is 0.236 e. The van der Waals surface area contributed by atoms with Crippen molar-refractivity contribution >= 4 is 5.91 Å². The number of rotatable bonds is 3. The largest absolute Gasteiger partial charge is 0.492 e. The zero-order chi connectivity index (χ0) is 17.9. The van der Waals surface area contributed by atoms with Gasteiger partial charge in [-0.15, -0.1) is 0 Å².